The summed E-state index contributed by atoms with van der Waals surface area (Å²) in [5.74, 6) is -1.55. The largest absolute Gasteiger partial charge is 0.391 e. The van der Waals surface area contributed by atoms with E-state index < -0.39 is 104 Å². The first-order chi connectivity index (χ1) is 19.7. The third-order valence-corrected chi connectivity index (χ3v) is 8.18. The highest BCUT2D eigenvalue weighted by molar-refractivity contribution is 5.83. The summed E-state index contributed by atoms with van der Waals surface area (Å²) in [5.41, 5.74) is 23.3. The normalized spacial score (nSPS) is 44.1. The molecule has 16 atom stereocenters. The molecule has 0 aromatic rings. The smallest absolute Gasteiger partial charge is 0.187 e. The van der Waals surface area contributed by atoms with E-state index >= 15 is 0 Å². The lowest BCUT2D eigenvalue weighted by Crippen LogP contribution is -2.67. The third kappa shape index (κ3) is 7.99. The molecule has 0 aromatic heterocycles. The van der Waals surface area contributed by atoms with E-state index in [2.05, 4.69) is 0 Å². The van der Waals surface area contributed by atoms with Crippen molar-refractivity contribution in [1.29, 1.82) is 5.41 Å². The van der Waals surface area contributed by atoms with Crippen molar-refractivity contribution in [3.8, 4) is 0 Å². The number of ketones is 1. The van der Waals surface area contributed by atoms with Crippen LogP contribution < -0.4 is 22.9 Å². The van der Waals surface area contributed by atoms with Crippen LogP contribution in [0.15, 0.2) is 0 Å². The minimum atomic E-state index is -1.58. The van der Waals surface area contributed by atoms with Crippen molar-refractivity contribution in [2.45, 2.75) is 131 Å². The summed E-state index contributed by atoms with van der Waals surface area (Å²) in [6.45, 7) is 1.41. The number of hydrogen-bond acceptors (Lipinski definition) is 16. The van der Waals surface area contributed by atoms with Gasteiger partial charge in [-0.1, -0.05) is 0 Å². The molecule has 0 radical (unpaired) electrons. The Kier molecular flexibility index (Phi) is 12.6. The molecule has 2 saturated heterocycles. The first-order valence-corrected chi connectivity index (χ1v) is 14.1. The van der Waals surface area contributed by atoms with Crippen LogP contribution in [0.5, 0.6) is 0 Å². The average Bonchev–Trinajstić information content (AvgIpc) is 3.19. The molecular formula is C25H47N5O12. The van der Waals surface area contributed by atoms with Gasteiger partial charge in [-0.05, 0) is 38.6 Å². The summed E-state index contributed by atoms with van der Waals surface area (Å²) >= 11 is 0. The van der Waals surface area contributed by atoms with Crippen LogP contribution >= 0.6 is 0 Å². The van der Waals surface area contributed by atoms with E-state index in [-0.39, 0.29) is 44.5 Å². The average molecular weight is 610 g/mol. The lowest BCUT2D eigenvalue weighted by atomic mass is 9.76. The Labute approximate surface area is 243 Å². The van der Waals surface area contributed by atoms with E-state index in [1.165, 1.54) is 6.92 Å². The van der Waals surface area contributed by atoms with Gasteiger partial charge in [-0.25, -0.2) is 0 Å². The number of hydrogen-bond donors (Lipinski definition) is 12. The van der Waals surface area contributed by atoms with Gasteiger partial charge in [0, 0.05) is 18.9 Å². The monoisotopic (exact) mass is 609 g/mol. The summed E-state index contributed by atoms with van der Waals surface area (Å²) in [6.07, 6.45) is -18.0. The SMILES string of the molecule is C[C@@H](O)C1O[C@H](O[C@@H]2C(N)CC(CC(=O)C(O)CCN)[C@@H](O)[C@H]2O[C@@H]2O[C@H](CCC(=N)N)[C@H](O)C2O)C(N)[C@@H](O)[C@@H]1O. The van der Waals surface area contributed by atoms with Crippen LogP contribution in [0.1, 0.15) is 39.0 Å². The van der Waals surface area contributed by atoms with E-state index in [9.17, 15) is 40.5 Å². The topological polar surface area (TPSA) is 324 Å². The number of aliphatic hydroxyl groups excluding tert-OH is 7. The van der Waals surface area contributed by atoms with Crippen LogP contribution in [-0.4, -0.2) is 146 Å². The van der Waals surface area contributed by atoms with Crippen LogP contribution in [0.25, 0.3) is 0 Å². The van der Waals surface area contributed by atoms with Crippen LogP contribution in [0, 0.1) is 11.3 Å². The molecule has 0 spiro atoms. The van der Waals surface area contributed by atoms with Crippen molar-refractivity contribution in [1.82, 2.24) is 0 Å². The molecule has 2 aliphatic heterocycles. The quantitative estimate of drug-likeness (QED) is 0.0684. The van der Waals surface area contributed by atoms with E-state index in [0.29, 0.717) is 0 Å². The van der Waals surface area contributed by atoms with Gasteiger partial charge in [-0.3, -0.25) is 10.2 Å². The maximum Gasteiger partial charge on any atom is 0.187 e. The van der Waals surface area contributed by atoms with E-state index in [1.54, 1.807) is 0 Å². The predicted octanol–water partition coefficient (Wildman–Crippen LogP) is -5.55. The number of aliphatic hydroxyl groups is 7. The minimum Gasteiger partial charge on any atom is -0.391 e. The molecule has 0 bridgehead atoms. The molecule has 2 heterocycles. The molecule has 16 N–H and O–H groups in total. The second-order valence-electron chi connectivity index (χ2n) is 11.5. The molecule has 0 aromatic carbocycles. The highest BCUT2D eigenvalue weighted by atomic mass is 16.7. The van der Waals surface area contributed by atoms with Gasteiger partial charge in [0.15, 0.2) is 18.4 Å². The predicted molar refractivity (Wildman–Crippen MR) is 143 cm³/mol. The number of amidine groups is 1. The van der Waals surface area contributed by atoms with Crippen LogP contribution in [0.4, 0.5) is 0 Å². The Morgan fingerprint density at radius 1 is 0.952 bits per heavy atom. The molecule has 3 rings (SSSR count). The molecule has 3 aliphatic rings. The van der Waals surface area contributed by atoms with Crippen LogP contribution in [0.3, 0.4) is 0 Å². The van der Waals surface area contributed by atoms with Gasteiger partial charge >= 0.3 is 0 Å². The molecule has 3 fully saturated rings. The zero-order chi connectivity index (χ0) is 31.5. The third-order valence-electron chi connectivity index (χ3n) is 8.18. The second-order valence-corrected chi connectivity index (χ2v) is 11.5. The Morgan fingerprint density at radius 3 is 2.19 bits per heavy atom. The number of nitrogens with one attached hydrogen (secondary N) is 1. The molecule has 17 heteroatoms. The Balaban J connectivity index is 1.85. The van der Waals surface area contributed by atoms with Gasteiger partial charge in [0.2, 0.25) is 0 Å². The van der Waals surface area contributed by atoms with Crippen molar-refractivity contribution in [3.63, 3.8) is 0 Å². The van der Waals surface area contributed by atoms with Gasteiger partial charge < -0.3 is 77.6 Å². The molecule has 6 unspecified atom stereocenters. The van der Waals surface area contributed by atoms with Crippen LogP contribution in [0.2, 0.25) is 0 Å². The van der Waals surface area contributed by atoms with Gasteiger partial charge in [-0.2, -0.15) is 0 Å². The number of Topliss-reactive ketones (excluding diaryl/α,β-unsaturated/α-hetero) is 1. The van der Waals surface area contributed by atoms with Crippen molar-refractivity contribution in [2.24, 2.45) is 28.9 Å². The first-order valence-electron chi connectivity index (χ1n) is 14.1. The summed E-state index contributed by atoms with van der Waals surface area (Å²) in [4.78, 5) is 12.6. The van der Waals surface area contributed by atoms with Gasteiger partial charge in [0.25, 0.3) is 0 Å². The van der Waals surface area contributed by atoms with Crippen LogP contribution in [-0.2, 0) is 23.7 Å². The zero-order valence-electron chi connectivity index (χ0n) is 23.5. The van der Waals surface area contributed by atoms with Gasteiger partial charge in [0.1, 0.15) is 48.8 Å². The zero-order valence-corrected chi connectivity index (χ0v) is 23.5. The summed E-state index contributed by atoms with van der Waals surface area (Å²) in [7, 11) is 0. The summed E-state index contributed by atoms with van der Waals surface area (Å²) < 4.78 is 23.3. The molecule has 42 heavy (non-hydrogen) atoms. The number of carbonyl (C=O) groups excluding carboxylic acids is 1. The molecule has 1 saturated carbocycles. The van der Waals surface area contributed by atoms with E-state index in [0.717, 1.165) is 0 Å². The minimum absolute atomic E-state index is 0.0116. The first kappa shape index (κ1) is 35.1. The summed E-state index contributed by atoms with van der Waals surface area (Å²) in [6, 6.07) is -2.26. The maximum atomic E-state index is 12.6. The standard InChI is InChI=1S/C25H47N5O12/c1-8(31)21-19(37)18(36)15(30)24(40-21)41-22-10(27)6-9(7-12(33)11(32)4-5-26)16(34)23(22)42-25-20(38)17(35)13(39-25)2-3-14(28)29/h8-11,13,15-25,31-32,34-38H,2-7,26-27,30H2,1H3,(H3,28,29)/t8-,9?,10?,11?,13-,15?,16-,17+,18-,19+,20?,21?,22-,23-,24-,25+/m1/s1. The molecule has 17 nitrogen and oxygen atoms in total. The maximum absolute atomic E-state index is 12.6. The van der Waals surface area contributed by atoms with Crippen molar-refractivity contribution in [2.75, 3.05) is 6.54 Å². The fourth-order valence-corrected chi connectivity index (χ4v) is 5.69. The lowest BCUT2D eigenvalue weighted by molar-refractivity contribution is -0.317. The Bertz CT molecular complexity index is 904. The second kappa shape index (κ2) is 15.0. The van der Waals surface area contributed by atoms with Gasteiger partial charge in [-0.15, -0.1) is 0 Å². The van der Waals surface area contributed by atoms with Crippen molar-refractivity contribution in [3.05, 3.63) is 0 Å². The highest BCUT2D eigenvalue weighted by Crippen LogP contribution is 2.36. The van der Waals surface area contributed by atoms with Gasteiger partial charge in [0.05, 0.1) is 30.2 Å². The lowest BCUT2D eigenvalue weighted by Gasteiger charge is -2.48. The number of nitrogens with two attached hydrogens (primary N) is 4. The molecule has 1 aliphatic carbocycles. The van der Waals surface area contributed by atoms with Crippen molar-refractivity contribution < 1.29 is 59.5 Å². The van der Waals surface area contributed by atoms with E-state index in [4.69, 9.17) is 47.3 Å². The van der Waals surface area contributed by atoms with E-state index in [1.807, 2.05) is 0 Å². The molecule has 0 amide bonds. The highest BCUT2D eigenvalue weighted by Gasteiger charge is 2.53. The Hall–Kier alpha value is -1.42. The van der Waals surface area contributed by atoms with Crippen molar-refractivity contribution >= 4 is 11.6 Å². The number of ether oxygens (including phenoxy) is 4. The molecular weight excluding hydrogens is 562 g/mol. The number of carbonyl (C=O) groups is 1. The fraction of sp³-hybridized carbons (Fsp3) is 0.920. The Morgan fingerprint density at radius 2 is 1.60 bits per heavy atom. The fourth-order valence-electron chi connectivity index (χ4n) is 5.69. The molecule has 244 valence electrons. The summed E-state index contributed by atoms with van der Waals surface area (Å²) in [5, 5.41) is 80.8. The number of rotatable bonds is 13.